The van der Waals surface area contributed by atoms with Gasteiger partial charge in [-0.2, -0.15) is 4.40 Å². The topological polar surface area (TPSA) is 42.3 Å². The Bertz CT molecular complexity index is 309. The maximum atomic E-state index is 11.2. The second-order valence-electron chi connectivity index (χ2n) is 2.84. The van der Waals surface area contributed by atoms with Crippen molar-refractivity contribution < 1.29 is 4.21 Å². The normalized spacial score (nSPS) is 13.8. The second-order valence-corrected chi connectivity index (χ2v) is 4.55. The maximum Gasteiger partial charge on any atom is 0.141 e. The molecule has 3 nitrogen and oxygen atoms in total. The average molecular weight is 196 g/mol. The number of pyridine rings is 1. The summed E-state index contributed by atoms with van der Waals surface area (Å²) in [5.41, 5.74) is 0.920. The van der Waals surface area contributed by atoms with Crippen LogP contribution in [0.3, 0.4) is 0 Å². The van der Waals surface area contributed by atoms with Crippen molar-refractivity contribution >= 4 is 17.2 Å². The van der Waals surface area contributed by atoms with Crippen LogP contribution in [-0.2, 0) is 11.0 Å². The fourth-order valence-corrected chi connectivity index (χ4v) is 1.15. The van der Waals surface area contributed by atoms with E-state index in [9.17, 15) is 4.21 Å². The minimum absolute atomic E-state index is 0.0677. The van der Waals surface area contributed by atoms with Crippen LogP contribution in [0.2, 0.25) is 0 Å². The lowest BCUT2D eigenvalue weighted by atomic mass is 10.3. The molecule has 0 N–H and O–H groups in total. The van der Waals surface area contributed by atoms with Gasteiger partial charge < -0.3 is 0 Å². The van der Waals surface area contributed by atoms with Crippen LogP contribution < -0.4 is 0 Å². The third kappa shape index (κ3) is 3.46. The summed E-state index contributed by atoms with van der Waals surface area (Å²) in [5.74, 6) is 0. The van der Waals surface area contributed by atoms with E-state index in [1.807, 2.05) is 26.0 Å². The summed E-state index contributed by atoms with van der Waals surface area (Å²) in [6.45, 7) is 3.75. The fraction of sp³-hybridized carbons (Fsp3) is 0.333. The van der Waals surface area contributed by atoms with Gasteiger partial charge in [0.2, 0.25) is 0 Å². The van der Waals surface area contributed by atoms with Crippen LogP contribution in [0, 0.1) is 0 Å². The van der Waals surface area contributed by atoms with Crippen molar-refractivity contribution in [2.75, 3.05) is 0 Å². The molecule has 1 unspecified atom stereocenters. The van der Waals surface area contributed by atoms with Crippen LogP contribution in [-0.4, -0.2) is 20.7 Å². The third-order valence-corrected chi connectivity index (χ3v) is 2.53. The van der Waals surface area contributed by atoms with Crippen LogP contribution in [0.25, 0.3) is 0 Å². The van der Waals surface area contributed by atoms with E-state index in [0.717, 1.165) is 5.56 Å². The van der Waals surface area contributed by atoms with Gasteiger partial charge in [0.1, 0.15) is 11.0 Å². The van der Waals surface area contributed by atoms with E-state index in [2.05, 4.69) is 9.38 Å². The van der Waals surface area contributed by atoms with Crippen LogP contribution in [0.5, 0.6) is 0 Å². The van der Waals surface area contributed by atoms with Crippen molar-refractivity contribution in [1.29, 1.82) is 0 Å². The van der Waals surface area contributed by atoms with Gasteiger partial charge in [-0.05, 0) is 31.5 Å². The van der Waals surface area contributed by atoms with Crippen molar-refractivity contribution in [2.24, 2.45) is 4.40 Å². The zero-order valence-electron chi connectivity index (χ0n) is 7.68. The smallest absolute Gasteiger partial charge is 0.141 e. The molecule has 1 atom stereocenters. The first-order valence-corrected chi connectivity index (χ1v) is 5.22. The molecule has 13 heavy (non-hydrogen) atoms. The molecule has 0 spiro atoms. The molecular formula is C9H12N2OS. The summed E-state index contributed by atoms with van der Waals surface area (Å²) in [4.78, 5) is 3.87. The highest BCUT2D eigenvalue weighted by Gasteiger charge is 2.00. The van der Waals surface area contributed by atoms with Gasteiger partial charge in [-0.15, -0.1) is 0 Å². The minimum Gasteiger partial charge on any atom is -0.265 e. The Balaban J connectivity index is 2.64. The highest BCUT2D eigenvalue weighted by Crippen LogP contribution is 1.97. The summed E-state index contributed by atoms with van der Waals surface area (Å²) >= 11 is 0. The first kappa shape index (κ1) is 10.1. The van der Waals surface area contributed by atoms with Gasteiger partial charge >= 0.3 is 0 Å². The van der Waals surface area contributed by atoms with Gasteiger partial charge in [-0.1, -0.05) is 0 Å². The monoisotopic (exact) mass is 196 g/mol. The molecule has 0 aliphatic carbocycles. The predicted octanol–water partition coefficient (Wildman–Crippen LogP) is 1.57. The van der Waals surface area contributed by atoms with Crippen LogP contribution in [0.1, 0.15) is 19.4 Å². The maximum absolute atomic E-state index is 11.2. The first-order valence-electron chi connectivity index (χ1n) is 4.05. The summed E-state index contributed by atoms with van der Waals surface area (Å²) in [5, 5.41) is 0.0677. The SMILES string of the molecule is CC(C)S(=O)N=Cc1ccncc1. The van der Waals surface area contributed by atoms with Crippen molar-refractivity contribution in [1.82, 2.24) is 4.98 Å². The first-order chi connectivity index (χ1) is 6.20. The molecule has 1 rings (SSSR count). The van der Waals surface area contributed by atoms with Gasteiger partial charge in [-0.3, -0.25) is 4.98 Å². The summed E-state index contributed by atoms with van der Waals surface area (Å²) in [6.07, 6.45) is 4.97. The molecule has 4 heteroatoms. The van der Waals surface area contributed by atoms with Crippen molar-refractivity contribution in [3.63, 3.8) is 0 Å². The number of nitrogens with zero attached hydrogens (tertiary/aromatic N) is 2. The molecule has 1 heterocycles. The fourth-order valence-electron chi connectivity index (χ4n) is 0.684. The molecular weight excluding hydrogens is 184 g/mol. The van der Waals surface area contributed by atoms with E-state index in [-0.39, 0.29) is 5.25 Å². The Kier molecular flexibility index (Phi) is 3.76. The van der Waals surface area contributed by atoms with Gasteiger partial charge in [0.05, 0.1) is 5.25 Å². The van der Waals surface area contributed by atoms with E-state index in [0.29, 0.717) is 0 Å². The van der Waals surface area contributed by atoms with Gasteiger partial charge in [0, 0.05) is 18.6 Å². The largest absolute Gasteiger partial charge is 0.265 e. The quantitative estimate of drug-likeness (QED) is 0.689. The Labute approximate surface area is 80.5 Å². The molecule has 0 amide bonds. The molecule has 1 aromatic rings. The van der Waals surface area contributed by atoms with E-state index in [1.54, 1.807) is 18.6 Å². The molecule has 0 radical (unpaired) electrons. The molecule has 0 aliphatic heterocycles. The molecule has 0 aromatic carbocycles. The van der Waals surface area contributed by atoms with Crippen molar-refractivity contribution in [2.45, 2.75) is 19.1 Å². The lowest BCUT2D eigenvalue weighted by Gasteiger charge is -1.96. The van der Waals surface area contributed by atoms with Gasteiger partial charge in [0.15, 0.2) is 0 Å². The highest BCUT2D eigenvalue weighted by atomic mass is 32.2. The summed E-state index contributed by atoms with van der Waals surface area (Å²) in [6, 6.07) is 3.64. The summed E-state index contributed by atoms with van der Waals surface area (Å²) < 4.78 is 15.1. The molecule has 70 valence electrons. The Morgan fingerprint density at radius 3 is 2.62 bits per heavy atom. The molecule has 0 saturated heterocycles. The number of hydrogen-bond acceptors (Lipinski definition) is 2. The minimum atomic E-state index is -1.12. The van der Waals surface area contributed by atoms with E-state index >= 15 is 0 Å². The number of aromatic nitrogens is 1. The number of hydrogen-bond donors (Lipinski definition) is 0. The summed E-state index contributed by atoms with van der Waals surface area (Å²) in [7, 11) is -1.12. The second kappa shape index (κ2) is 4.87. The van der Waals surface area contributed by atoms with Gasteiger partial charge in [0.25, 0.3) is 0 Å². The average Bonchev–Trinajstić information content (AvgIpc) is 2.15. The standard InChI is InChI=1S/C9H12N2OS/c1-8(2)13(12)11-7-9-3-5-10-6-4-9/h3-8H,1-2H3. The Morgan fingerprint density at radius 1 is 1.46 bits per heavy atom. The zero-order chi connectivity index (χ0) is 9.68. The number of rotatable bonds is 3. The van der Waals surface area contributed by atoms with Crippen molar-refractivity contribution in [3.05, 3.63) is 30.1 Å². The molecule has 0 fully saturated rings. The van der Waals surface area contributed by atoms with E-state index in [1.165, 1.54) is 0 Å². The molecule has 0 bridgehead atoms. The molecule has 0 saturated carbocycles. The zero-order valence-corrected chi connectivity index (χ0v) is 8.49. The van der Waals surface area contributed by atoms with Crippen LogP contribution in [0.15, 0.2) is 28.9 Å². The third-order valence-electron chi connectivity index (χ3n) is 1.42. The Hall–Kier alpha value is -1.03. The Morgan fingerprint density at radius 2 is 2.08 bits per heavy atom. The van der Waals surface area contributed by atoms with Crippen molar-refractivity contribution in [3.8, 4) is 0 Å². The molecule has 1 aromatic heterocycles. The van der Waals surface area contributed by atoms with E-state index in [4.69, 9.17) is 0 Å². The predicted molar refractivity (Wildman–Crippen MR) is 55.1 cm³/mol. The highest BCUT2D eigenvalue weighted by molar-refractivity contribution is 7.84. The lowest BCUT2D eigenvalue weighted by Crippen LogP contribution is -2.02. The van der Waals surface area contributed by atoms with Crippen LogP contribution >= 0.6 is 0 Å². The molecule has 0 aliphatic rings. The van der Waals surface area contributed by atoms with E-state index < -0.39 is 11.0 Å². The van der Waals surface area contributed by atoms with Gasteiger partial charge in [-0.25, -0.2) is 4.21 Å². The van der Waals surface area contributed by atoms with Crippen LogP contribution in [0.4, 0.5) is 0 Å². The lowest BCUT2D eigenvalue weighted by molar-refractivity contribution is 0.678.